The summed E-state index contributed by atoms with van der Waals surface area (Å²) in [6, 6.07) is 29.5. The Hall–Kier alpha value is -4.72. The van der Waals surface area contributed by atoms with E-state index in [1.807, 2.05) is 94.6 Å². The van der Waals surface area contributed by atoms with Crippen molar-refractivity contribution in [1.29, 1.82) is 0 Å². The molecule has 178 valence electrons. The number of nitrogens with one attached hydrogen (secondary N) is 1. The highest BCUT2D eigenvalue weighted by atomic mass is 16.2. The number of hydrogen-bond acceptors (Lipinski definition) is 4. The molecule has 0 spiro atoms. The summed E-state index contributed by atoms with van der Waals surface area (Å²) >= 11 is 0. The van der Waals surface area contributed by atoms with Crippen LogP contribution in [0.2, 0.25) is 0 Å². The highest BCUT2D eigenvalue weighted by Crippen LogP contribution is 2.31. The first-order chi connectivity index (χ1) is 17.7. The molecule has 1 N–H and O–H groups in total. The number of urea groups is 1. The molecule has 1 aliphatic rings. The minimum Gasteiger partial charge on any atom is -0.320 e. The summed E-state index contributed by atoms with van der Waals surface area (Å²) in [6.07, 6.45) is 2.65. The highest BCUT2D eigenvalue weighted by molar-refractivity contribution is 5.89. The van der Waals surface area contributed by atoms with Gasteiger partial charge in [0.2, 0.25) is 0 Å². The molecule has 0 fully saturated rings. The Morgan fingerprint density at radius 2 is 1.58 bits per heavy atom. The molecule has 0 radical (unpaired) electrons. The topological polar surface area (TPSA) is 80.9 Å². The maximum Gasteiger partial charge on any atom is 0.322 e. The number of carbonyl (C=O) groups is 1. The molecule has 2 amide bonds. The second-order valence-corrected chi connectivity index (χ2v) is 8.76. The van der Waals surface area contributed by atoms with E-state index in [2.05, 4.69) is 27.8 Å². The summed E-state index contributed by atoms with van der Waals surface area (Å²) in [5.41, 5.74) is 6.72. The number of hydrogen-bond donors (Lipinski definition) is 1. The number of para-hydroxylation sites is 2. The lowest BCUT2D eigenvalue weighted by Crippen LogP contribution is -2.39. The molecule has 0 saturated carbocycles. The summed E-state index contributed by atoms with van der Waals surface area (Å²) < 4.78 is 3.79. The summed E-state index contributed by atoms with van der Waals surface area (Å²) in [5, 5.41) is 16.7. The van der Waals surface area contributed by atoms with Crippen LogP contribution in [0.1, 0.15) is 17.0 Å². The smallest absolute Gasteiger partial charge is 0.320 e. The van der Waals surface area contributed by atoms with Crippen molar-refractivity contribution in [3.8, 4) is 16.9 Å². The van der Waals surface area contributed by atoms with Crippen LogP contribution in [0, 0.1) is 0 Å². The van der Waals surface area contributed by atoms with Crippen molar-refractivity contribution in [3.05, 3.63) is 114 Å². The lowest BCUT2D eigenvalue weighted by molar-refractivity contribution is 0.206. The summed E-state index contributed by atoms with van der Waals surface area (Å²) in [4.78, 5) is 14.9. The van der Waals surface area contributed by atoms with Crippen LogP contribution in [0.15, 0.2) is 97.2 Å². The van der Waals surface area contributed by atoms with Gasteiger partial charge in [-0.1, -0.05) is 71.9 Å². The maximum absolute atomic E-state index is 13.0. The number of anilines is 1. The first-order valence-electron chi connectivity index (χ1n) is 12.0. The molecule has 5 aromatic rings. The van der Waals surface area contributed by atoms with E-state index < -0.39 is 0 Å². The second kappa shape index (κ2) is 9.50. The van der Waals surface area contributed by atoms with Gasteiger partial charge >= 0.3 is 6.03 Å². The number of benzene rings is 3. The van der Waals surface area contributed by atoms with Gasteiger partial charge in [0.15, 0.2) is 0 Å². The summed E-state index contributed by atoms with van der Waals surface area (Å²) in [5.74, 6) is 0. The molecule has 3 heterocycles. The quantitative estimate of drug-likeness (QED) is 0.397. The number of nitrogens with zero attached hydrogens (tertiary/aromatic N) is 6. The van der Waals surface area contributed by atoms with Gasteiger partial charge in [0.25, 0.3) is 0 Å². The summed E-state index contributed by atoms with van der Waals surface area (Å²) in [6.45, 7) is 1.62. The standard InChI is InChI=1S/C28H25N7O/c36-28(29-22-12-6-2-7-13-22)33-17-16-26-25(20-33)27(21-10-4-1-5-11-21)31-35(26)19-23-18-34(32-30-23)24-14-8-3-9-15-24/h1-15,18H,16-17,19-20H2,(H,29,36). The molecule has 1 aliphatic heterocycles. The third-order valence-corrected chi connectivity index (χ3v) is 6.37. The minimum atomic E-state index is -0.107. The van der Waals surface area contributed by atoms with Gasteiger partial charge in [-0.25, -0.2) is 9.48 Å². The van der Waals surface area contributed by atoms with Crippen molar-refractivity contribution in [3.63, 3.8) is 0 Å². The monoisotopic (exact) mass is 475 g/mol. The molecule has 8 nitrogen and oxygen atoms in total. The summed E-state index contributed by atoms with van der Waals surface area (Å²) in [7, 11) is 0. The minimum absolute atomic E-state index is 0.107. The van der Waals surface area contributed by atoms with Crippen LogP contribution in [-0.4, -0.2) is 42.3 Å². The predicted octanol–water partition coefficient (Wildman–Crippen LogP) is 4.77. The van der Waals surface area contributed by atoms with Crippen LogP contribution in [0.5, 0.6) is 0 Å². The van der Waals surface area contributed by atoms with Gasteiger partial charge in [-0.3, -0.25) is 4.68 Å². The molecule has 8 heteroatoms. The molecule has 0 unspecified atom stereocenters. The molecular weight excluding hydrogens is 450 g/mol. The Kier molecular flexibility index (Phi) is 5.75. The van der Waals surface area contributed by atoms with Gasteiger partial charge in [0, 0.05) is 35.5 Å². The predicted molar refractivity (Wildman–Crippen MR) is 138 cm³/mol. The number of amides is 2. The van der Waals surface area contributed by atoms with E-state index in [1.165, 1.54) is 0 Å². The largest absolute Gasteiger partial charge is 0.322 e. The molecular formula is C28H25N7O. The van der Waals surface area contributed by atoms with Gasteiger partial charge in [-0.15, -0.1) is 5.10 Å². The zero-order valence-electron chi connectivity index (χ0n) is 19.7. The van der Waals surface area contributed by atoms with E-state index in [4.69, 9.17) is 5.10 Å². The molecule has 0 bridgehead atoms. The van der Waals surface area contributed by atoms with Crippen molar-refractivity contribution >= 4 is 11.7 Å². The Labute approximate surface area is 208 Å². The Morgan fingerprint density at radius 3 is 2.33 bits per heavy atom. The fourth-order valence-corrected chi connectivity index (χ4v) is 4.58. The van der Waals surface area contributed by atoms with E-state index in [0.717, 1.165) is 39.6 Å². The van der Waals surface area contributed by atoms with Gasteiger partial charge in [-0.05, 0) is 24.3 Å². The van der Waals surface area contributed by atoms with Gasteiger partial charge in [0.05, 0.1) is 30.7 Å². The van der Waals surface area contributed by atoms with Crippen molar-refractivity contribution in [2.24, 2.45) is 0 Å². The van der Waals surface area contributed by atoms with Crippen LogP contribution in [-0.2, 0) is 19.5 Å². The van der Waals surface area contributed by atoms with Crippen LogP contribution >= 0.6 is 0 Å². The number of fused-ring (bicyclic) bond motifs is 1. The fourth-order valence-electron chi connectivity index (χ4n) is 4.58. The van der Waals surface area contributed by atoms with Crippen LogP contribution in [0.25, 0.3) is 16.9 Å². The van der Waals surface area contributed by atoms with Crippen LogP contribution in [0.4, 0.5) is 10.5 Å². The van der Waals surface area contributed by atoms with Gasteiger partial charge in [-0.2, -0.15) is 5.10 Å². The number of rotatable bonds is 5. The van der Waals surface area contributed by atoms with Crippen molar-refractivity contribution in [1.82, 2.24) is 29.7 Å². The Balaban J connectivity index is 1.29. The second-order valence-electron chi connectivity index (χ2n) is 8.76. The molecule has 0 aliphatic carbocycles. The fraction of sp³-hybridized carbons (Fsp3) is 0.143. The van der Waals surface area contributed by atoms with E-state index >= 15 is 0 Å². The number of carbonyl (C=O) groups excluding carboxylic acids is 1. The SMILES string of the molecule is O=C(Nc1ccccc1)N1CCc2c(c(-c3ccccc3)nn2Cc2cn(-c3ccccc3)nn2)C1. The molecule has 6 rings (SSSR count). The Bertz CT molecular complexity index is 1480. The third kappa shape index (κ3) is 4.36. The molecule has 36 heavy (non-hydrogen) atoms. The van der Waals surface area contributed by atoms with Gasteiger partial charge < -0.3 is 10.2 Å². The average Bonchev–Trinajstić information content (AvgIpc) is 3.55. The lowest BCUT2D eigenvalue weighted by Gasteiger charge is -2.28. The van der Waals surface area contributed by atoms with Crippen molar-refractivity contribution < 1.29 is 4.79 Å². The molecule has 0 atom stereocenters. The third-order valence-electron chi connectivity index (χ3n) is 6.37. The van der Waals surface area contributed by atoms with E-state index in [-0.39, 0.29) is 6.03 Å². The first-order valence-corrected chi connectivity index (χ1v) is 12.0. The van der Waals surface area contributed by atoms with Crippen molar-refractivity contribution in [2.75, 3.05) is 11.9 Å². The molecule has 3 aromatic carbocycles. The average molecular weight is 476 g/mol. The zero-order chi connectivity index (χ0) is 24.3. The lowest BCUT2D eigenvalue weighted by atomic mass is 10.0. The van der Waals surface area contributed by atoms with Crippen LogP contribution in [0.3, 0.4) is 0 Å². The normalized spacial score (nSPS) is 12.8. The number of aromatic nitrogens is 5. The van der Waals surface area contributed by atoms with E-state index in [0.29, 0.717) is 26.1 Å². The maximum atomic E-state index is 13.0. The van der Waals surface area contributed by atoms with Crippen molar-refractivity contribution in [2.45, 2.75) is 19.5 Å². The molecule has 2 aromatic heterocycles. The first kappa shape index (κ1) is 21.8. The van der Waals surface area contributed by atoms with Gasteiger partial charge in [0.1, 0.15) is 5.69 Å². The van der Waals surface area contributed by atoms with E-state index in [9.17, 15) is 4.79 Å². The van der Waals surface area contributed by atoms with Crippen LogP contribution < -0.4 is 5.32 Å². The van der Waals surface area contributed by atoms with E-state index in [1.54, 1.807) is 4.68 Å². The Morgan fingerprint density at radius 1 is 0.889 bits per heavy atom. The molecule has 0 saturated heterocycles. The highest BCUT2D eigenvalue weighted by Gasteiger charge is 2.28. The zero-order valence-corrected chi connectivity index (χ0v) is 19.7.